The van der Waals surface area contributed by atoms with E-state index in [9.17, 15) is 9.18 Å². The Morgan fingerprint density at radius 1 is 1.06 bits per heavy atom. The van der Waals surface area contributed by atoms with Crippen molar-refractivity contribution < 1.29 is 18.7 Å². The number of aromatic nitrogens is 4. The van der Waals surface area contributed by atoms with Gasteiger partial charge in [-0.15, -0.1) is 15.3 Å². The number of hydrogen-bond donors (Lipinski definition) is 1. The zero-order chi connectivity index (χ0) is 21.6. The van der Waals surface area contributed by atoms with Crippen molar-refractivity contribution in [2.24, 2.45) is 0 Å². The van der Waals surface area contributed by atoms with E-state index in [1.165, 1.54) is 24.3 Å². The van der Waals surface area contributed by atoms with Crippen molar-refractivity contribution in [3.05, 3.63) is 72.5 Å². The van der Waals surface area contributed by atoms with Crippen molar-refractivity contribution in [2.45, 2.75) is 13.0 Å². The molecule has 4 aromatic rings. The second-order valence-corrected chi connectivity index (χ2v) is 6.68. The number of rotatable bonds is 8. The van der Waals surface area contributed by atoms with E-state index in [0.717, 1.165) is 5.56 Å². The van der Waals surface area contributed by atoms with Crippen LogP contribution in [0.4, 0.5) is 4.39 Å². The van der Waals surface area contributed by atoms with Crippen molar-refractivity contribution in [3.63, 3.8) is 0 Å². The van der Waals surface area contributed by atoms with E-state index in [-0.39, 0.29) is 24.9 Å². The van der Waals surface area contributed by atoms with E-state index < -0.39 is 6.10 Å². The van der Waals surface area contributed by atoms with Crippen LogP contribution in [-0.4, -0.2) is 45.0 Å². The van der Waals surface area contributed by atoms with Gasteiger partial charge in [0.1, 0.15) is 18.2 Å². The highest BCUT2D eigenvalue weighted by Gasteiger charge is 2.14. The van der Waals surface area contributed by atoms with Crippen LogP contribution in [0.5, 0.6) is 11.6 Å². The zero-order valence-electron chi connectivity index (χ0n) is 16.7. The summed E-state index contributed by atoms with van der Waals surface area (Å²) in [4.78, 5) is 12.2. The first-order valence-electron chi connectivity index (χ1n) is 9.71. The van der Waals surface area contributed by atoms with Gasteiger partial charge in [-0.05, 0) is 37.3 Å². The summed E-state index contributed by atoms with van der Waals surface area (Å²) in [5.74, 6) is 0.744. The number of nitrogens with one attached hydrogen (secondary N) is 1. The summed E-state index contributed by atoms with van der Waals surface area (Å²) in [6.07, 6.45) is -0.731. The summed E-state index contributed by atoms with van der Waals surface area (Å²) < 4.78 is 25.7. The van der Waals surface area contributed by atoms with Crippen LogP contribution in [0.3, 0.4) is 0 Å². The molecule has 0 spiro atoms. The molecule has 2 heterocycles. The molecule has 0 aliphatic heterocycles. The molecule has 0 aliphatic carbocycles. The average molecular weight is 421 g/mol. The van der Waals surface area contributed by atoms with Gasteiger partial charge in [0.05, 0.1) is 6.54 Å². The van der Waals surface area contributed by atoms with Gasteiger partial charge in [-0.3, -0.25) is 4.79 Å². The number of fused-ring (bicyclic) bond motifs is 1. The van der Waals surface area contributed by atoms with E-state index in [1.54, 1.807) is 23.6 Å². The molecular formula is C22H20FN5O3. The van der Waals surface area contributed by atoms with Crippen molar-refractivity contribution in [2.75, 3.05) is 13.2 Å². The lowest BCUT2D eigenvalue weighted by Gasteiger charge is -2.14. The van der Waals surface area contributed by atoms with Gasteiger partial charge in [-0.1, -0.05) is 30.3 Å². The highest BCUT2D eigenvalue weighted by molar-refractivity contribution is 5.80. The Balaban J connectivity index is 1.30. The fraction of sp³-hybridized carbons (Fsp3) is 0.182. The molecule has 2 aromatic heterocycles. The van der Waals surface area contributed by atoms with Gasteiger partial charge >= 0.3 is 0 Å². The largest absolute Gasteiger partial charge is 0.481 e. The van der Waals surface area contributed by atoms with Crippen LogP contribution in [-0.2, 0) is 4.79 Å². The van der Waals surface area contributed by atoms with Gasteiger partial charge in [-0.25, -0.2) is 4.39 Å². The van der Waals surface area contributed by atoms with Gasteiger partial charge in [0.2, 0.25) is 5.88 Å². The number of nitrogens with zero attached hydrogens (tertiary/aromatic N) is 4. The number of ether oxygens (including phenoxy) is 2. The normalized spacial score (nSPS) is 11.8. The Labute approximate surface area is 177 Å². The van der Waals surface area contributed by atoms with E-state index in [0.29, 0.717) is 23.1 Å². The molecule has 1 N–H and O–H groups in total. The number of benzene rings is 2. The van der Waals surface area contributed by atoms with Crippen LogP contribution in [0.2, 0.25) is 0 Å². The molecule has 0 fully saturated rings. The Hall–Kier alpha value is -4.01. The Morgan fingerprint density at radius 2 is 1.84 bits per heavy atom. The number of halogens is 1. The summed E-state index contributed by atoms with van der Waals surface area (Å²) in [7, 11) is 0. The van der Waals surface area contributed by atoms with Crippen molar-refractivity contribution >= 4 is 11.6 Å². The SMILES string of the molecule is CC(Oc1ccc(F)cc1)C(=O)NCCOc1ccc2nnc(-c3ccccc3)n2n1. The molecule has 4 rings (SSSR count). The summed E-state index contributed by atoms with van der Waals surface area (Å²) >= 11 is 0. The zero-order valence-corrected chi connectivity index (χ0v) is 16.7. The second kappa shape index (κ2) is 9.21. The van der Waals surface area contributed by atoms with E-state index in [1.807, 2.05) is 30.3 Å². The van der Waals surface area contributed by atoms with Crippen LogP contribution in [0.25, 0.3) is 17.0 Å². The van der Waals surface area contributed by atoms with Gasteiger partial charge in [0, 0.05) is 11.6 Å². The number of hydrogen-bond acceptors (Lipinski definition) is 6. The highest BCUT2D eigenvalue weighted by Crippen LogP contribution is 2.18. The summed E-state index contributed by atoms with van der Waals surface area (Å²) in [6.45, 7) is 2.10. The Kier molecular flexibility index (Phi) is 6.02. The lowest BCUT2D eigenvalue weighted by atomic mass is 10.2. The molecule has 1 atom stereocenters. The van der Waals surface area contributed by atoms with Crippen molar-refractivity contribution in [3.8, 4) is 23.0 Å². The van der Waals surface area contributed by atoms with Crippen molar-refractivity contribution in [1.29, 1.82) is 0 Å². The molecule has 1 amide bonds. The molecule has 31 heavy (non-hydrogen) atoms. The fourth-order valence-electron chi connectivity index (χ4n) is 2.86. The van der Waals surface area contributed by atoms with Crippen LogP contribution in [0, 0.1) is 5.82 Å². The molecular weight excluding hydrogens is 401 g/mol. The van der Waals surface area contributed by atoms with Gasteiger partial charge < -0.3 is 14.8 Å². The Bertz CT molecular complexity index is 1160. The minimum Gasteiger partial charge on any atom is -0.481 e. The smallest absolute Gasteiger partial charge is 0.260 e. The van der Waals surface area contributed by atoms with E-state index in [2.05, 4.69) is 20.6 Å². The number of carbonyl (C=O) groups is 1. The summed E-state index contributed by atoms with van der Waals surface area (Å²) in [6, 6.07) is 18.6. The van der Waals surface area contributed by atoms with Gasteiger partial charge in [0.15, 0.2) is 17.6 Å². The van der Waals surface area contributed by atoms with Crippen LogP contribution in [0.1, 0.15) is 6.92 Å². The molecule has 0 saturated heterocycles. The third kappa shape index (κ3) is 4.95. The lowest BCUT2D eigenvalue weighted by molar-refractivity contribution is -0.127. The molecule has 0 aliphatic rings. The van der Waals surface area contributed by atoms with E-state index >= 15 is 0 Å². The predicted molar refractivity (Wildman–Crippen MR) is 111 cm³/mol. The first-order valence-corrected chi connectivity index (χ1v) is 9.71. The third-order valence-electron chi connectivity index (χ3n) is 4.42. The standard InChI is InChI=1S/C22H20FN5O3/c1-15(31-18-9-7-17(23)8-10-18)22(29)24-13-14-30-20-12-11-19-25-26-21(28(19)27-20)16-5-3-2-4-6-16/h2-12,15H,13-14H2,1H3,(H,24,29). The van der Waals surface area contributed by atoms with Crippen LogP contribution >= 0.6 is 0 Å². The molecule has 0 saturated carbocycles. The third-order valence-corrected chi connectivity index (χ3v) is 4.42. The lowest BCUT2D eigenvalue weighted by Crippen LogP contribution is -2.38. The second-order valence-electron chi connectivity index (χ2n) is 6.68. The first-order chi connectivity index (χ1) is 15.1. The molecule has 2 aromatic carbocycles. The van der Waals surface area contributed by atoms with Crippen LogP contribution < -0.4 is 14.8 Å². The molecule has 0 bridgehead atoms. The van der Waals surface area contributed by atoms with Crippen molar-refractivity contribution in [1.82, 2.24) is 25.1 Å². The minimum absolute atomic E-state index is 0.219. The molecule has 1 unspecified atom stereocenters. The quantitative estimate of drug-likeness (QED) is 0.440. The monoisotopic (exact) mass is 421 g/mol. The molecule has 158 valence electrons. The number of carbonyl (C=O) groups excluding carboxylic acids is 1. The molecule has 8 nitrogen and oxygen atoms in total. The number of amides is 1. The minimum atomic E-state index is -0.731. The summed E-state index contributed by atoms with van der Waals surface area (Å²) in [5, 5.41) is 15.5. The predicted octanol–water partition coefficient (Wildman–Crippen LogP) is 2.89. The summed E-state index contributed by atoms with van der Waals surface area (Å²) in [5.41, 5.74) is 1.49. The van der Waals surface area contributed by atoms with Gasteiger partial charge in [0.25, 0.3) is 5.91 Å². The highest BCUT2D eigenvalue weighted by atomic mass is 19.1. The fourth-order valence-corrected chi connectivity index (χ4v) is 2.86. The maximum Gasteiger partial charge on any atom is 0.260 e. The average Bonchev–Trinajstić information content (AvgIpc) is 3.22. The maximum absolute atomic E-state index is 12.9. The van der Waals surface area contributed by atoms with E-state index in [4.69, 9.17) is 9.47 Å². The maximum atomic E-state index is 12.9. The Morgan fingerprint density at radius 3 is 2.61 bits per heavy atom. The topological polar surface area (TPSA) is 90.6 Å². The van der Waals surface area contributed by atoms with Crippen LogP contribution in [0.15, 0.2) is 66.7 Å². The molecule has 9 heteroatoms. The van der Waals surface area contributed by atoms with Gasteiger partial charge in [-0.2, -0.15) is 4.52 Å². The molecule has 0 radical (unpaired) electrons. The first kappa shape index (κ1) is 20.3.